The molecule has 1 amide bonds. The lowest BCUT2D eigenvalue weighted by atomic mass is 9.80. The molecule has 3 rings (SSSR count). The summed E-state index contributed by atoms with van der Waals surface area (Å²) in [5.41, 5.74) is 0.372. The topological polar surface area (TPSA) is 66.6 Å². The molecule has 2 fully saturated rings. The quantitative estimate of drug-likeness (QED) is 0.885. The van der Waals surface area contributed by atoms with E-state index in [1.165, 1.54) is 6.26 Å². The predicted octanol–water partition coefficient (Wildman–Crippen LogP) is 1.83. The Labute approximate surface area is 112 Å². The van der Waals surface area contributed by atoms with Crippen LogP contribution in [0.4, 0.5) is 0 Å². The van der Waals surface area contributed by atoms with E-state index in [4.69, 9.17) is 4.52 Å². The van der Waals surface area contributed by atoms with E-state index in [9.17, 15) is 9.90 Å². The molecule has 1 aromatic rings. The van der Waals surface area contributed by atoms with Crippen LogP contribution in [0.15, 0.2) is 16.9 Å². The van der Waals surface area contributed by atoms with Crippen LogP contribution in [-0.4, -0.2) is 39.8 Å². The number of aliphatic hydroxyl groups is 1. The van der Waals surface area contributed by atoms with Crippen molar-refractivity contribution in [3.05, 3.63) is 18.0 Å². The van der Waals surface area contributed by atoms with Gasteiger partial charge in [0.25, 0.3) is 5.91 Å². The number of rotatable bonds is 2. The molecule has 1 saturated carbocycles. The third-order valence-electron chi connectivity index (χ3n) is 4.49. The Hall–Kier alpha value is -1.36. The Morgan fingerprint density at radius 3 is 2.89 bits per heavy atom. The Bertz CT molecular complexity index is 432. The van der Waals surface area contributed by atoms with Crippen LogP contribution in [0, 0.1) is 5.92 Å². The minimum Gasteiger partial charge on any atom is -0.393 e. The molecule has 0 aromatic carbocycles. The van der Waals surface area contributed by atoms with E-state index in [2.05, 4.69) is 5.16 Å². The molecule has 2 heterocycles. The molecule has 1 aliphatic carbocycles. The molecule has 0 spiro atoms. The van der Waals surface area contributed by atoms with Gasteiger partial charge >= 0.3 is 0 Å². The number of carbonyl (C=O) groups excluding carboxylic acids is 1. The molecule has 5 heteroatoms. The van der Waals surface area contributed by atoms with Crippen molar-refractivity contribution < 1.29 is 14.4 Å². The molecule has 1 N–H and O–H groups in total. The van der Waals surface area contributed by atoms with E-state index in [1.54, 1.807) is 6.07 Å². The molecule has 1 aromatic heterocycles. The molecule has 3 atom stereocenters. The Morgan fingerprint density at radius 2 is 2.16 bits per heavy atom. The highest BCUT2D eigenvalue weighted by atomic mass is 16.5. The first-order valence-electron chi connectivity index (χ1n) is 7.17. The van der Waals surface area contributed by atoms with Crippen LogP contribution in [0.3, 0.4) is 0 Å². The van der Waals surface area contributed by atoms with Gasteiger partial charge in [0, 0.05) is 24.6 Å². The highest BCUT2D eigenvalue weighted by Crippen LogP contribution is 2.35. The highest BCUT2D eigenvalue weighted by Gasteiger charge is 2.39. The van der Waals surface area contributed by atoms with Gasteiger partial charge in [-0.3, -0.25) is 4.79 Å². The van der Waals surface area contributed by atoms with Gasteiger partial charge in [-0.05, 0) is 25.7 Å². The molecule has 104 valence electrons. The van der Waals surface area contributed by atoms with Crippen molar-refractivity contribution in [3.63, 3.8) is 0 Å². The lowest BCUT2D eigenvalue weighted by Gasteiger charge is -2.36. The van der Waals surface area contributed by atoms with Crippen LogP contribution in [0.1, 0.15) is 49.0 Å². The van der Waals surface area contributed by atoms with Gasteiger partial charge in [-0.1, -0.05) is 18.0 Å². The Balaban J connectivity index is 1.75. The van der Waals surface area contributed by atoms with Crippen molar-refractivity contribution in [2.24, 2.45) is 5.92 Å². The van der Waals surface area contributed by atoms with Crippen molar-refractivity contribution in [1.82, 2.24) is 10.1 Å². The lowest BCUT2D eigenvalue weighted by molar-refractivity contribution is 0.0208. The molecule has 1 saturated heterocycles. The summed E-state index contributed by atoms with van der Waals surface area (Å²) in [6.07, 6.45) is 7.31. The predicted molar refractivity (Wildman–Crippen MR) is 68.5 cm³/mol. The zero-order valence-electron chi connectivity index (χ0n) is 11.0. The van der Waals surface area contributed by atoms with Crippen molar-refractivity contribution in [3.8, 4) is 0 Å². The van der Waals surface area contributed by atoms with Gasteiger partial charge in [0.2, 0.25) is 0 Å². The molecule has 1 aliphatic heterocycles. The third kappa shape index (κ3) is 2.39. The number of aliphatic hydroxyl groups excluding tert-OH is 1. The van der Waals surface area contributed by atoms with E-state index >= 15 is 0 Å². The highest BCUT2D eigenvalue weighted by molar-refractivity contribution is 5.92. The smallest absolute Gasteiger partial charge is 0.276 e. The number of carbonyl (C=O) groups is 1. The number of amides is 1. The van der Waals surface area contributed by atoms with Gasteiger partial charge in [-0.15, -0.1) is 0 Å². The van der Waals surface area contributed by atoms with E-state index < -0.39 is 0 Å². The largest absolute Gasteiger partial charge is 0.393 e. The second-order valence-electron chi connectivity index (χ2n) is 5.61. The van der Waals surface area contributed by atoms with Crippen LogP contribution in [-0.2, 0) is 0 Å². The standard InChI is InChI=1S/C14H20N2O3/c17-13-6-2-1-4-10(13)12-5-3-8-16(12)14(18)11-7-9-19-15-11/h7,9-10,12-13,17H,1-6,8H2. The molecule has 0 bridgehead atoms. The summed E-state index contributed by atoms with van der Waals surface area (Å²) in [7, 11) is 0. The van der Waals surface area contributed by atoms with Crippen LogP contribution in [0.25, 0.3) is 0 Å². The zero-order valence-corrected chi connectivity index (χ0v) is 11.0. The van der Waals surface area contributed by atoms with Crippen LogP contribution in [0.2, 0.25) is 0 Å². The first kappa shape index (κ1) is 12.7. The fourth-order valence-corrected chi connectivity index (χ4v) is 3.55. The average molecular weight is 264 g/mol. The Morgan fingerprint density at radius 1 is 1.32 bits per heavy atom. The number of aromatic nitrogens is 1. The van der Waals surface area contributed by atoms with Crippen molar-refractivity contribution in [2.75, 3.05) is 6.54 Å². The SMILES string of the molecule is O=C(c1ccon1)N1CCCC1C1CCCCC1O. The maximum absolute atomic E-state index is 12.4. The summed E-state index contributed by atoms with van der Waals surface area (Å²) < 4.78 is 4.75. The van der Waals surface area contributed by atoms with Crippen molar-refractivity contribution >= 4 is 5.91 Å². The molecule has 2 aliphatic rings. The minimum atomic E-state index is -0.260. The summed E-state index contributed by atoms with van der Waals surface area (Å²) in [6, 6.07) is 1.77. The second kappa shape index (κ2) is 5.33. The minimum absolute atomic E-state index is 0.0611. The van der Waals surface area contributed by atoms with E-state index in [1.807, 2.05) is 4.90 Å². The van der Waals surface area contributed by atoms with Gasteiger partial charge in [-0.25, -0.2) is 0 Å². The number of hydrogen-bond acceptors (Lipinski definition) is 4. The van der Waals surface area contributed by atoms with Crippen molar-refractivity contribution in [2.45, 2.75) is 50.7 Å². The van der Waals surface area contributed by atoms with Gasteiger partial charge in [0.1, 0.15) is 6.26 Å². The third-order valence-corrected chi connectivity index (χ3v) is 4.49. The van der Waals surface area contributed by atoms with Gasteiger partial charge in [0.15, 0.2) is 5.69 Å². The summed E-state index contributed by atoms with van der Waals surface area (Å²) in [4.78, 5) is 14.3. The van der Waals surface area contributed by atoms with Crippen molar-refractivity contribution in [1.29, 1.82) is 0 Å². The summed E-state index contributed by atoms with van der Waals surface area (Å²) in [5, 5.41) is 13.9. The number of likely N-dealkylation sites (tertiary alicyclic amines) is 1. The molecule has 19 heavy (non-hydrogen) atoms. The van der Waals surface area contributed by atoms with Crippen LogP contribution in [0.5, 0.6) is 0 Å². The van der Waals surface area contributed by atoms with E-state index in [0.29, 0.717) is 5.69 Å². The lowest BCUT2D eigenvalue weighted by Crippen LogP contribution is -2.45. The molecule has 0 radical (unpaired) electrons. The molecule has 5 nitrogen and oxygen atoms in total. The maximum Gasteiger partial charge on any atom is 0.276 e. The monoisotopic (exact) mass is 264 g/mol. The van der Waals surface area contributed by atoms with Gasteiger partial charge in [-0.2, -0.15) is 0 Å². The second-order valence-corrected chi connectivity index (χ2v) is 5.61. The average Bonchev–Trinajstić information content (AvgIpc) is 3.10. The Kier molecular flexibility index (Phi) is 3.55. The van der Waals surface area contributed by atoms with Crippen LogP contribution >= 0.6 is 0 Å². The summed E-state index contributed by atoms with van der Waals surface area (Å²) in [6.45, 7) is 0.763. The number of nitrogens with zero attached hydrogens (tertiary/aromatic N) is 2. The molecule has 3 unspecified atom stereocenters. The molecular weight excluding hydrogens is 244 g/mol. The van der Waals surface area contributed by atoms with E-state index in [-0.39, 0.29) is 24.0 Å². The summed E-state index contributed by atoms with van der Waals surface area (Å²) >= 11 is 0. The fourth-order valence-electron chi connectivity index (χ4n) is 3.55. The molecular formula is C14H20N2O3. The van der Waals surface area contributed by atoms with Gasteiger partial charge < -0.3 is 14.5 Å². The summed E-state index contributed by atoms with van der Waals surface area (Å²) in [5.74, 6) is 0.168. The van der Waals surface area contributed by atoms with E-state index in [0.717, 1.165) is 45.1 Å². The maximum atomic E-state index is 12.4. The fraction of sp³-hybridized carbons (Fsp3) is 0.714. The zero-order chi connectivity index (χ0) is 13.2. The van der Waals surface area contributed by atoms with Crippen LogP contribution < -0.4 is 0 Å². The number of hydrogen-bond donors (Lipinski definition) is 1. The first-order valence-corrected chi connectivity index (χ1v) is 7.17. The van der Waals surface area contributed by atoms with Gasteiger partial charge in [0.05, 0.1) is 6.10 Å². The first-order chi connectivity index (χ1) is 9.27. The normalized spacial score (nSPS) is 31.6.